The van der Waals surface area contributed by atoms with Gasteiger partial charge in [0.25, 0.3) is 0 Å². The Morgan fingerprint density at radius 3 is 2.88 bits per heavy atom. The molecule has 1 aromatic rings. The number of benzene rings is 1. The Labute approximate surface area is 96.1 Å². The van der Waals surface area contributed by atoms with Crippen LogP contribution in [0, 0.1) is 11.7 Å². The highest BCUT2D eigenvalue weighted by molar-refractivity contribution is 5.35. The van der Waals surface area contributed by atoms with Crippen LogP contribution in [0.15, 0.2) is 18.2 Å². The maximum atomic E-state index is 13.5. The van der Waals surface area contributed by atoms with E-state index in [2.05, 4.69) is 18.3 Å². The molecule has 0 radical (unpaired) electrons. The fraction of sp³-hybridized carbons (Fsp3) is 0.571. The zero-order valence-corrected chi connectivity index (χ0v) is 9.67. The zero-order valence-electron chi connectivity index (χ0n) is 9.67. The molecule has 0 saturated heterocycles. The molecule has 86 valence electrons. The first-order chi connectivity index (χ1) is 7.75. The van der Waals surface area contributed by atoms with Crippen LogP contribution in [0.3, 0.4) is 0 Å². The summed E-state index contributed by atoms with van der Waals surface area (Å²) in [7, 11) is 0. The van der Waals surface area contributed by atoms with Gasteiger partial charge in [-0.25, -0.2) is 4.39 Å². The van der Waals surface area contributed by atoms with E-state index in [1.165, 1.54) is 18.4 Å². The molecule has 0 amide bonds. The Kier molecular flexibility index (Phi) is 2.47. The topological polar surface area (TPSA) is 12.0 Å². The third-order valence-corrected chi connectivity index (χ3v) is 4.01. The van der Waals surface area contributed by atoms with Gasteiger partial charge in [0.2, 0.25) is 0 Å². The number of nitrogens with one attached hydrogen (secondary N) is 1. The molecule has 1 nitrogen and oxygen atoms in total. The molecule has 2 aliphatic carbocycles. The molecule has 0 aliphatic heterocycles. The number of halogens is 1. The van der Waals surface area contributed by atoms with Gasteiger partial charge in [-0.15, -0.1) is 0 Å². The van der Waals surface area contributed by atoms with E-state index in [0.717, 1.165) is 24.3 Å². The minimum atomic E-state index is -0.0270. The van der Waals surface area contributed by atoms with Crippen molar-refractivity contribution >= 4 is 0 Å². The van der Waals surface area contributed by atoms with Crippen molar-refractivity contribution in [1.29, 1.82) is 0 Å². The highest BCUT2D eigenvalue weighted by Gasteiger charge is 2.32. The SMILES string of the molecule is CC(NC1CCc2c(F)cccc21)C1CC1. The normalized spacial score (nSPS) is 25.5. The molecule has 2 aliphatic rings. The Morgan fingerprint density at radius 1 is 1.31 bits per heavy atom. The molecule has 3 rings (SSSR count). The van der Waals surface area contributed by atoms with Gasteiger partial charge in [-0.1, -0.05) is 12.1 Å². The van der Waals surface area contributed by atoms with Crippen molar-refractivity contribution in [3.8, 4) is 0 Å². The number of fused-ring (bicyclic) bond motifs is 1. The molecule has 0 heterocycles. The molecule has 1 aromatic carbocycles. The predicted octanol–water partition coefficient (Wildman–Crippen LogP) is 3.20. The molecule has 0 spiro atoms. The number of hydrogen-bond donors (Lipinski definition) is 1. The van der Waals surface area contributed by atoms with E-state index in [1.54, 1.807) is 6.07 Å². The molecule has 2 heteroatoms. The van der Waals surface area contributed by atoms with Crippen molar-refractivity contribution in [2.75, 3.05) is 0 Å². The first kappa shape index (κ1) is 10.3. The van der Waals surface area contributed by atoms with Crippen molar-refractivity contribution in [2.24, 2.45) is 5.92 Å². The zero-order chi connectivity index (χ0) is 11.1. The summed E-state index contributed by atoms with van der Waals surface area (Å²) in [5.41, 5.74) is 2.12. The number of rotatable bonds is 3. The molecule has 1 N–H and O–H groups in total. The lowest BCUT2D eigenvalue weighted by Crippen LogP contribution is -2.30. The third kappa shape index (κ3) is 1.75. The summed E-state index contributed by atoms with van der Waals surface area (Å²) >= 11 is 0. The second kappa shape index (κ2) is 3.85. The van der Waals surface area contributed by atoms with Gasteiger partial charge in [-0.3, -0.25) is 0 Å². The molecular weight excluding hydrogens is 201 g/mol. The molecule has 2 atom stereocenters. The Hall–Kier alpha value is -0.890. The van der Waals surface area contributed by atoms with Gasteiger partial charge < -0.3 is 5.32 Å². The lowest BCUT2D eigenvalue weighted by Gasteiger charge is -2.20. The Bertz CT molecular complexity index is 398. The largest absolute Gasteiger partial charge is 0.307 e. The van der Waals surface area contributed by atoms with Crippen molar-refractivity contribution < 1.29 is 4.39 Å². The van der Waals surface area contributed by atoms with Crippen LogP contribution >= 0.6 is 0 Å². The summed E-state index contributed by atoms with van der Waals surface area (Å²) in [5, 5.41) is 3.66. The first-order valence-electron chi connectivity index (χ1n) is 6.29. The van der Waals surface area contributed by atoms with Crippen molar-refractivity contribution in [1.82, 2.24) is 5.32 Å². The second-order valence-corrected chi connectivity index (χ2v) is 5.19. The van der Waals surface area contributed by atoms with E-state index in [4.69, 9.17) is 0 Å². The van der Waals surface area contributed by atoms with Crippen LogP contribution in [0.2, 0.25) is 0 Å². The molecule has 2 unspecified atom stereocenters. The maximum absolute atomic E-state index is 13.5. The smallest absolute Gasteiger partial charge is 0.126 e. The Morgan fingerprint density at radius 2 is 2.12 bits per heavy atom. The highest BCUT2D eigenvalue weighted by Crippen LogP contribution is 2.37. The fourth-order valence-corrected chi connectivity index (χ4v) is 2.83. The van der Waals surface area contributed by atoms with E-state index in [0.29, 0.717) is 12.1 Å². The standard InChI is InChI=1S/C14H18FN/c1-9(10-5-6-10)16-14-8-7-11-12(14)3-2-4-13(11)15/h2-4,9-10,14,16H,5-8H2,1H3. The molecule has 1 saturated carbocycles. The summed E-state index contributed by atoms with van der Waals surface area (Å²) in [4.78, 5) is 0. The molecular formula is C14H18FN. The second-order valence-electron chi connectivity index (χ2n) is 5.19. The quantitative estimate of drug-likeness (QED) is 0.823. The maximum Gasteiger partial charge on any atom is 0.126 e. The van der Waals surface area contributed by atoms with Crippen LogP contribution in [0.5, 0.6) is 0 Å². The van der Waals surface area contributed by atoms with Gasteiger partial charge in [0.1, 0.15) is 5.82 Å². The van der Waals surface area contributed by atoms with Crippen LogP contribution in [0.25, 0.3) is 0 Å². The van der Waals surface area contributed by atoms with E-state index < -0.39 is 0 Å². The minimum absolute atomic E-state index is 0.0270. The van der Waals surface area contributed by atoms with E-state index in [1.807, 2.05) is 6.07 Å². The van der Waals surface area contributed by atoms with Gasteiger partial charge in [-0.05, 0) is 55.7 Å². The number of hydrogen-bond acceptors (Lipinski definition) is 1. The fourth-order valence-electron chi connectivity index (χ4n) is 2.83. The van der Waals surface area contributed by atoms with Gasteiger partial charge in [-0.2, -0.15) is 0 Å². The average Bonchev–Trinajstić information content (AvgIpc) is 3.04. The predicted molar refractivity (Wildman–Crippen MR) is 62.8 cm³/mol. The van der Waals surface area contributed by atoms with E-state index >= 15 is 0 Å². The lowest BCUT2D eigenvalue weighted by molar-refractivity contribution is 0.421. The van der Waals surface area contributed by atoms with Gasteiger partial charge in [0.15, 0.2) is 0 Å². The van der Waals surface area contributed by atoms with E-state index in [-0.39, 0.29) is 5.82 Å². The molecule has 16 heavy (non-hydrogen) atoms. The molecule has 0 bridgehead atoms. The first-order valence-corrected chi connectivity index (χ1v) is 6.29. The van der Waals surface area contributed by atoms with Crippen LogP contribution in [0.4, 0.5) is 4.39 Å². The molecule has 0 aromatic heterocycles. The van der Waals surface area contributed by atoms with Crippen LogP contribution in [-0.2, 0) is 6.42 Å². The summed E-state index contributed by atoms with van der Waals surface area (Å²) in [6, 6.07) is 6.44. The lowest BCUT2D eigenvalue weighted by atomic mass is 10.1. The average molecular weight is 219 g/mol. The van der Waals surface area contributed by atoms with Crippen LogP contribution in [0.1, 0.15) is 43.4 Å². The van der Waals surface area contributed by atoms with Crippen molar-refractivity contribution in [3.63, 3.8) is 0 Å². The molecule has 1 fully saturated rings. The van der Waals surface area contributed by atoms with E-state index in [9.17, 15) is 4.39 Å². The van der Waals surface area contributed by atoms with Crippen molar-refractivity contribution in [2.45, 2.75) is 44.7 Å². The van der Waals surface area contributed by atoms with Gasteiger partial charge in [0.05, 0.1) is 0 Å². The monoisotopic (exact) mass is 219 g/mol. The summed E-state index contributed by atoms with van der Waals surface area (Å²) in [6.07, 6.45) is 4.65. The summed E-state index contributed by atoms with van der Waals surface area (Å²) in [5.74, 6) is 0.832. The third-order valence-electron chi connectivity index (χ3n) is 4.01. The summed E-state index contributed by atoms with van der Waals surface area (Å²) < 4.78 is 13.5. The van der Waals surface area contributed by atoms with Crippen molar-refractivity contribution in [3.05, 3.63) is 35.1 Å². The van der Waals surface area contributed by atoms with Gasteiger partial charge in [0, 0.05) is 12.1 Å². The minimum Gasteiger partial charge on any atom is -0.307 e. The Balaban J connectivity index is 1.77. The van der Waals surface area contributed by atoms with Crippen LogP contribution < -0.4 is 5.32 Å². The van der Waals surface area contributed by atoms with Crippen LogP contribution in [-0.4, -0.2) is 6.04 Å². The summed E-state index contributed by atoms with van der Waals surface area (Å²) in [6.45, 7) is 2.26. The highest BCUT2D eigenvalue weighted by atomic mass is 19.1. The van der Waals surface area contributed by atoms with Gasteiger partial charge >= 0.3 is 0 Å².